The van der Waals surface area contributed by atoms with Crippen LogP contribution in [0.5, 0.6) is 0 Å². The molecule has 1 saturated carbocycles. The number of amides is 1. The van der Waals surface area contributed by atoms with Gasteiger partial charge in [0, 0.05) is 18.3 Å². The molecule has 5 heteroatoms. The van der Waals surface area contributed by atoms with Crippen molar-refractivity contribution in [3.63, 3.8) is 0 Å². The maximum Gasteiger partial charge on any atom is 0.239 e. The number of hydrogen-bond acceptors (Lipinski definition) is 3. The highest BCUT2D eigenvalue weighted by molar-refractivity contribution is 5.81. The lowest BCUT2D eigenvalue weighted by Crippen LogP contribution is -2.39. The summed E-state index contributed by atoms with van der Waals surface area (Å²) < 4.78 is 12.9. The van der Waals surface area contributed by atoms with Gasteiger partial charge < -0.3 is 16.0 Å². The fraction of sp³-hybridized carbons (Fsp3) is 0.500. The standard InChI is InChI=1S/C14H20FN3O/c15-11-2-6-13(7-3-11)18(9-1-8-16)10-14(19)17-12-4-5-12/h2-3,6-7,12H,1,4-5,8-10,16H2,(H,17,19). The van der Waals surface area contributed by atoms with E-state index in [2.05, 4.69) is 5.32 Å². The highest BCUT2D eigenvalue weighted by Crippen LogP contribution is 2.19. The number of carbonyl (C=O) groups excluding carboxylic acids is 1. The Morgan fingerprint density at radius 1 is 1.37 bits per heavy atom. The fourth-order valence-electron chi connectivity index (χ4n) is 1.91. The van der Waals surface area contributed by atoms with Gasteiger partial charge in [0.2, 0.25) is 5.91 Å². The van der Waals surface area contributed by atoms with Gasteiger partial charge in [-0.1, -0.05) is 0 Å². The van der Waals surface area contributed by atoms with Crippen LogP contribution in [0.15, 0.2) is 24.3 Å². The van der Waals surface area contributed by atoms with Gasteiger partial charge in [0.05, 0.1) is 6.54 Å². The van der Waals surface area contributed by atoms with Crippen molar-refractivity contribution in [3.05, 3.63) is 30.1 Å². The minimum absolute atomic E-state index is 0.0175. The van der Waals surface area contributed by atoms with Gasteiger partial charge in [-0.2, -0.15) is 0 Å². The van der Waals surface area contributed by atoms with Gasteiger partial charge in [-0.15, -0.1) is 0 Å². The molecule has 0 spiro atoms. The van der Waals surface area contributed by atoms with Crippen molar-refractivity contribution in [1.29, 1.82) is 0 Å². The Hall–Kier alpha value is -1.62. The monoisotopic (exact) mass is 265 g/mol. The van der Waals surface area contributed by atoms with Crippen LogP contribution in [-0.4, -0.2) is 31.6 Å². The zero-order valence-corrected chi connectivity index (χ0v) is 10.9. The average molecular weight is 265 g/mol. The molecule has 1 aromatic rings. The van der Waals surface area contributed by atoms with Gasteiger partial charge in [-0.25, -0.2) is 4.39 Å². The highest BCUT2D eigenvalue weighted by atomic mass is 19.1. The number of hydrogen-bond donors (Lipinski definition) is 2. The molecule has 0 bridgehead atoms. The molecule has 2 rings (SSSR count). The minimum atomic E-state index is -0.273. The van der Waals surface area contributed by atoms with Gasteiger partial charge in [-0.3, -0.25) is 4.79 Å². The van der Waals surface area contributed by atoms with E-state index in [1.54, 1.807) is 12.1 Å². The number of halogens is 1. The molecule has 1 aromatic carbocycles. The van der Waals surface area contributed by atoms with Gasteiger partial charge in [0.15, 0.2) is 0 Å². The summed E-state index contributed by atoms with van der Waals surface area (Å²) in [5.74, 6) is -0.256. The van der Waals surface area contributed by atoms with E-state index in [0.717, 1.165) is 24.9 Å². The van der Waals surface area contributed by atoms with Crippen LogP contribution >= 0.6 is 0 Å². The van der Waals surface area contributed by atoms with Crippen molar-refractivity contribution in [2.24, 2.45) is 5.73 Å². The van der Waals surface area contributed by atoms with E-state index in [1.165, 1.54) is 12.1 Å². The van der Waals surface area contributed by atoms with E-state index >= 15 is 0 Å². The minimum Gasteiger partial charge on any atom is -0.362 e. The van der Waals surface area contributed by atoms with Crippen LogP contribution in [0.3, 0.4) is 0 Å². The van der Waals surface area contributed by atoms with E-state index in [1.807, 2.05) is 4.90 Å². The lowest BCUT2D eigenvalue weighted by atomic mass is 10.2. The molecule has 0 unspecified atom stereocenters. The molecule has 19 heavy (non-hydrogen) atoms. The molecule has 0 aromatic heterocycles. The zero-order chi connectivity index (χ0) is 13.7. The molecule has 3 N–H and O–H groups in total. The Balaban J connectivity index is 1.97. The fourth-order valence-corrected chi connectivity index (χ4v) is 1.91. The van der Waals surface area contributed by atoms with Gasteiger partial charge in [0.25, 0.3) is 0 Å². The number of carbonyl (C=O) groups is 1. The van der Waals surface area contributed by atoms with Gasteiger partial charge in [0.1, 0.15) is 5.82 Å². The lowest BCUT2D eigenvalue weighted by Gasteiger charge is -2.24. The summed E-state index contributed by atoms with van der Waals surface area (Å²) in [4.78, 5) is 13.8. The molecule has 1 fully saturated rings. The van der Waals surface area contributed by atoms with Crippen LogP contribution in [-0.2, 0) is 4.79 Å². The first-order valence-electron chi connectivity index (χ1n) is 6.69. The van der Waals surface area contributed by atoms with E-state index in [9.17, 15) is 9.18 Å². The van der Waals surface area contributed by atoms with E-state index in [-0.39, 0.29) is 11.7 Å². The summed E-state index contributed by atoms with van der Waals surface area (Å²) in [6.07, 6.45) is 2.95. The average Bonchev–Trinajstić information content (AvgIpc) is 3.19. The topological polar surface area (TPSA) is 58.4 Å². The van der Waals surface area contributed by atoms with Gasteiger partial charge in [-0.05, 0) is 50.1 Å². The summed E-state index contributed by atoms with van der Waals surface area (Å²) in [7, 11) is 0. The quantitative estimate of drug-likeness (QED) is 0.780. The van der Waals surface area contributed by atoms with Crippen molar-refractivity contribution in [3.8, 4) is 0 Å². The Morgan fingerprint density at radius 3 is 2.63 bits per heavy atom. The summed E-state index contributed by atoms with van der Waals surface area (Å²) in [5, 5.41) is 2.96. The van der Waals surface area contributed by atoms with E-state index in [4.69, 9.17) is 5.73 Å². The number of anilines is 1. The number of nitrogens with one attached hydrogen (secondary N) is 1. The van der Waals surface area contributed by atoms with Crippen LogP contribution in [0.4, 0.5) is 10.1 Å². The molecule has 0 radical (unpaired) electrons. The van der Waals surface area contributed by atoms with E-state index in [0.29, 0.717) is 25.7 Å². The first-order chi connectivity index (χ1) is 9.19. The first-order valence-corrected chi connectivity index (χ1v) is 6.69. The predicted molar refractivity (Wildman–Crippen MR) is 73.4 cm³/mol. The number of nitrogens with two attached hydrogens (primary N) is 1. The Kier molecular flexibility index (Phi) is 4.74. The van der Waals surface area contributed by atoms with Crippen molar-refractivity contribution in [2.45, 2.75) is 25.3 Å². The summed E-state index contributed by atoms with van der Waals surface area (Å²) >= 11 is 0. The smallest absolute Gasteiger partial charge is 0.239 e. The molecule has 0 atom stereocenters. The van der Waals surface area contributed by atoms with Crippen molar-refractivity contribution in [1.82, 2.24) is 5.32 Å². The molecule has 1 amide bonds. The molecule has 0 aliphatic heterocycles. The number of benzene rings is 1. The second kappa shape index (κ2) is 6.52. The second-order valence-electron chi connectivity index (χ2n) is 4.88. The third-order valence-electron chi connectivity index (χ3n) is 3.10. The molecule has 0 heterocycles. The van der Waals surface area contributed by atoms with Crippen LogP contribution in [0.2, 0.25) is 0 Å². The van der Waals surface area contributed by atoms with Crippen molar-refractivity contribution < 1.29 is 9.18 Å². The van der Waals surface area contributed by atoms with Crippen LogP contribution in [0.25, 0.3) is 0 Å². The maximum absolute atomic E-state index is 12.9. The van der Waals surface area contributed by atoms with E-state index < -0.39 is 0 Å². The maximum atomic E-state index is 12.9. The summed E-state index contributed by atoms with van der Waals surface area (Å²) in [6, 6.07) is 6.55. The molecule has 1 aliphatic rings. The first kappa shape index (κ1) is 13.8. The Morgan fingerprint density at radius 2 is 2.05 bits per heavy atom. The Bertz CT molecular complexity index is 417. The van der Waals surface area contributed by atoms with Crippen LogP contribution < -0.4 is 16.0 Å². The predicted octanol–water partition coefficient (Wildman–Crippen LogP) is 1.26. The van der Waals surface area contributed by atoms with Crippen LogP contribution in [0.1, 0.15) is 19.3 Å². The molecular weight excluding hydrogens is 245 g/mol. The highest BCUT2D eigenvalue weighted by Gasteiger charge is 2.24. The van der Waals surface area contributed by atoms with Crippen molar-refractivity contribution in [2.75, 3.05) is 24.5 Å². The summed E-state index contributed by atoms with van der Waals surface area (Å²) in [5.41, 5.74) is 6.36. The van der Waals surface area contributed by atoms with Gasteiger partial charge >= 0.3 is 0 Å². The van der Waals surface area contributed by atoms with Crippen LogP contribution in [0, 0.1) is 5.82 Å². The lowest BCUT2D eigenvalue weighted by molar-refractivity contribution is -0.119. The van der Waals surface area contributed by atoms with Crippen molar-refractivity contribution >= 4 is 11.6 Å². The normalized spacial score (nSPS) is 14.2. The molecular formula is C14H20FN3O. The second-order valence-corrected chi connectivity index (χ2v) is 4.88. The molecule has 0 saturated heterocycles. The Labute approximate surface area is 112 Å². The SMILES string of the molecule is NCCCN(CC(=O)NC1CC1)c1ccc(F)cc1. The number of nitrogens with zero attached hydrogens (tertiary/aromatic N) is 1. The number of rotatable bonds is 7. The molecule has 104 valence electrons. The summed E-state index contributed by atoms with van der Waals surface area (Å²) in [6.45, 7) is 1.56. The zero-order valence-electron chi connectivity index (χ0n) is 10.9. The third-order valence-corrected chi connectivity index (χ3v) is 3.10. The third kappa shape index (κ3) is 4.52. The molecule has 1 aliphatic carbocycles. The largest absolute Gasteiger partial charge is 0.362 e. The molecule has 4 nitrogen and oxygen atoms in total.